The average molecular weight is 188 g/mol. The first-order valence-electron chi connectivity index (χ1n) is 4.98. The van der Waals surface area contributed by atoms with Crippen molar-refractivity contribution in [3.05, 3.63) is 0 Å². The monoisotopic (exact) mass is 188 g/mol. The first kappa shape index (κ1) is 12.9. The predicted molar refractivity (Wildman–Crippen MR) is 57.1 cm³/mol. The van der Waals surface area contributed by atoms with Crippen molar-refractivity contribution in [1.29, 1.82) is 0 Å². The fraction of sp³-hybridized carbons (Fsp3) is 1.00. The van der Waals surface area contributed by atoms with Crippen molar-refractivity contribution in [2.75, 3.05) is 40.8 Å². The van der Waals surface area contributed by atoms with Gasteiger partial charge < -0.3 is 15.0 Å². The van der Waals surface area contributed by atoms with E-state index in [-0.39, 0.29) is 0 Å². The van der Waals surface area contributed by atoms with E-state index in [4.69, 9.17) is 4.74 Å². The number of rotatable bonds is 7. The molecule has 0 aromatic rings. The fourth-order valence-corrected chi connectivity index (χ4v) is 1.07. The Morgan fingerprint density at radius 2 is 1.92 bits per heavy atom. The third kappa shape index (κ3) is 6.99. The summed E-state index contributed by atoms with van der Waals surface area (Å²) in [5, 5.41) is 3.15. The Morgan fingerprint density at radius 3 is 2.31 bits per heavy atom. The van der Waals surface area contributed by atoms with Crippen molar-refractivity contribution >= 4 is 0 Å². The fourth-order valence-electron chi connectivity index (χ4n) is 1.07. The van der Waals surface area contributed by atoms with Gasteiger partial charge in [-0.2, -0.15) is 0 Å². The van der Waals surface area contributed by atoms with Crippen molar-refractivity contribution in [1.82, 2.24) is 10.2 Å². The average Bonchev–Trinajstić information content (AvgIpc) is 2.02. The molecular weight excluding hydrogens is 164 g/mol. The molecule has 1 atom stereocenters. The molecule has 0 bridgehead atoms. The second kappa shape index (κ2) is 7.30. The van der Waals surface area contributed by atoms with Crippen LogP contribution in [0.15, 0.2) is 0 Å². The zero-order chi connectivity index (χ0) is 10.3. The van der Waals surface area contributed by atoms with Crippen molar-refractivity contribution < 1.29 is 4.74 Å². The van der Waals surface area contributed by atoms with E-state index in [1.54, 1.807) is 0 Å². The molecule has 0 aliphatic carbocycles. The SMILES string of the molecule is CNCC(OCCN(C)C)C(C)C. The second-order valence-corrected chi connectivity index (χ2v) is 4.01. The van der Waals surface area contributed by atoms with Crippen LogP contribution in [0, 0.1) is 5.92 Å². The Morgan fingerprint density at radius 1 is 1.31 bits per heavy atom. The standard InChI is InChI=1S/C10H24N2O/c1-9(2)10(8-11-3)13-7-6-12(4)5/h9-11H,6-8H2,1-5H3. The van der Waals surface area contributed by atoms with Crippen LogP contribution in [0.3, 0.4) is 0 Å². The van der Waals surface area contributed by atoms with Crippen molar-refractivity contribution in [2.24, 2.45) is 5.92 Å². The lowest BCUT2D eigenvalue weighted by Crippen LogP contribution is -2.33. The van der Waals surface area contributed by atoms with E-state index in [1.807, 2.05) is 7.05 Å². The van der Waals surface area contributed by atoms with Crippen molar-refractivity contribution in [3.8, 4) is 0 Å². The van der Waals surface area contributed by atoms with Gasteiger partial charge in [0.25, 0.3) is 0 Å². The van der Waals surface area contributed by atoms with Gasteiger partial charge in [-0.25, -0.2) is 0 Å². The highest BCUT2D eigenvalue weighted by molar-refractivity contribution is 4.64. The minimum Gasteiger partial charge on any atom is -0.375 e. The van der Waals surface area contributed by atoms with Gasteiger partial charge in [-0.1, -0.05) is 13.8 Å². The molecule has 1 N–H and O–H groups in total. The number of ether oxygens (including phenoxy) is 1. The minimum atomic E-state index is 0.338. The van der Waals surface area contributed by atoms with Gasteiger partial charge in [-0.3, -0.25) is 0 Å². The van der Waals surface area contributed by atoms with Crippen LogP contribution >= 0.6 is 0 Å². The van der Waals surface area contributed by atoms with Crippen LogP contribution in [0.1, 0.15) is 13.8 Å². The molecule has 0 saturated carbocycles. The Labute approximate surface area is 82.4 Å². The Kier molecular flexibility index (Phi) is 7.23. The normalized spacial score (nSPS) is 14.1. The van der Waals surface area contributed by atoms with E-state index < -0.39 is 0 Å². The van der Waals surface area contributed by atoms with Crippen molar-refractivity contribution in [2.45, 2.75) is 20.0 Å². The summed E-state index contributed by atoms with van der Waals surface area (Å²) in [4.78, 5) is 2.14. The zero-order valence-electron chi connectivity index (χ0n) is 9.63. The van der Waals surface area contributed by atoms with Crippen LogP contribution in [-0.2, 0) is 4.74 Å². The number of hydrogen-bond donors (Lipinski definition) is 1. The van der Waals surface area contributed by atoms with Gasteiger partial charge in [0.05, 0.1) is 12.7 Å². The van der Waals surface area contributed by atoms with Crippen LogP contribution in [0.25, 0.3) is 0 Å². The smallest absolute Gasteiger partial charge is 0.0722 e. The number of hydrogen-bond acceptors (Lipinski definition) is 3. The number of nitrogens with zero attached hydrogens (tertiary/aromatic N) is 1. The molecule has 0 fully saturated rings. The quantitative estimate of drug-likeness (QED) is 0.640. The first-order chi connectivity index (χ1) is 6.07. The largest absolute Gasteiger partial charge is 0.375 e. The Balaban J connectivity index is 3.57. The summed E-state index contributed by atoms with van der Waals surface area (Å²) in [5.74, 6) is 0.578. The van der Waals surface area contributed by atoms with Crippen LogP contribution in [0.2, 0.25) is 0 Å². The molecule has 0 radical (unpaired) electrons. The summed E-state index contributed by atoms with van der Waals surface area (Å²) < 4.78 is 5.75. The minimum absolute atomic E-state index is 0.338. The lowest BCUT2D eigenvalue weighted by molar-refractivity contribution is 0.0173. The molecule has 0 spiro atoms. The van der Waals surface area contributed by atoms with Gasteiger partial charge in [0.2, 0.25) is 0 Å². The summed E-state index contributed by atoms with van der Waals surface area (Å²) in [5.41, 5.74) is 0. The van der Waals surface area contributed by atoms with Gasteiger partial charge in [-0.15, -0.1) is 0 Å². The molecule has 3 heteroatoms. The lowest BCUT2D eigenvalue weighted by Gasteiger charge is -2.22. The molecule has 0 heterocycles. The number of nitrogens with one attached hydrogen (secondary N) is 1. The Hall–Kier alpha value is -0.120. The first-order valence-corrected chi connectivity index (χ1v) is 4.98. The molecule has 0 rings (SSSR count). The highest BCUT2D eigenvalue weighted by atomic mass is 16.5. The van der Waals surface area contributed by atoms with E-state index in [9.17, 15) is 0 Å². The third-order valence-electron chi connectivity index (χ3n) is 2.02. The van der Waals surface area contributed by atoms with E-state index >= 15 is 0 Å². The molecule has 3 nitrogen and oxygen atoms in total. The summed E-state index contributed by atoms with van der Waals surface area (Å²) in [6.45, 7) is 7.13. The molecule has 13 heavy (non-hydrogen) atoms. The van der Waals surface area contributed by atoms with E-state index in [0.29, 0.717) is 12.0 Å². The summed E-state index contributed by atoms with van der Waals surface area (Å²) >= 11 is 0. The van der Waals surface area contributed by atoms with E-state index in [0.717, 1.165) is 19.7 Å². The molecule has 0 aromatic heterocycles. The van der Waals surface area contributed by atoms with E-state index in [2.05, 4.69) is 38.2 Å². The molecule has 0 saturated heterocycles. The maximum atomic E-state index is 5.75. The maximum absolute atomic E-state index is 5.75. The van der Waals surface area contributed by atoms with E-state index in [1.165, 1.54) is 0 Å². The van der Waals surface area contributed by atoms with Crippen LogP contribution in [0.5, 0.6) is 0 Å². The molecule has 0 aliphatic rings. The van der Waals surface area contributed by atoms with Gasteiger partial charge >= 0.3 is 0 Å². The highest BCUT2D eigenvalue weighted by Gasteiger charge is 2.12. The van der Waals surface area contributed by atoms with Crippen molar-refractivity contribution in [3.63, 3.8) is 0 Å². The zero-order valence-corrected chi connectivity index (χ0v) is 9.63. The summed E-state index contributed by atoms with van der Waals surface area (Å²) in [6, 6.07) is 0. The number of likely N-dealkylation sites (N-methyl/N-ethyl adjacent to an activating group) is 2. The summed E-state index contributed by atoms with van der Waals surface area (Å²) in [6.07, 6.45) is 0.338. The molecule has 80 valence electrons. The van der Waals surface area contributed by atoms with Gasteiger partial charge in [0.1, 0.15) is 0 Å². The second-order valence-electron chi connectivity index (χ2n) is 4.01. The molecule has 0 amide bonds. The maximum Gasteiger partial charge on any atom is 0.0722 e. The Bertz CT molecular complexity index is 115. The summed E-state index contributed by atoms with van der Waals surface area (Å²) in [7, 11) is 6.09. The van der Waals surface area contributed by atoms with Gasteiger partial charge in [0.15, 0.2) is 0 Å². The molecular formula is C10H24N2O. The molecule has 0 aliphatic heterocycles. The van der Waals surface area contributed by atoms with Gasteiger partial charge in [0, 0.05) is 13.1 Å². The van der Waals surface area contributed by atoms with Gasteiger partial charge in [-0.05, 0) is 27.1 Å². The third-order valence-corrected chi connectivity index (χ3v) is 2.02. The van der Waals surface area contributed by atoms with Crippen LogP contribution < -0.4 is 5.32 Å². The predicted octanol–water partition coefficient (Wildman–Crippen LogP) is 0.809. The molecule has 0 aromatic carbocycles. The molecule has 1 unspecified atom stereocenters. The van der Waals surface area contributed by atoms with Crippen LogP contribution in [0.4, 0.5) is 0 Å². The topological polar surface area (TPSA) is 24.5 Å². The lowest BCUT2D eigenvalue weighted by atomic mass is 10.1. The van der Waals surface area contributed by atoms with Crippen LogP contribution in [-0.4, -0.2) is 51.8 Å². The highest BCUT2D eigenvalue weighted by Crippen LogP contribution is 2.04.